The fourth-order valence-electron chi connectivity index (χ4n) is 1.35. The maximum absolute atomic E-state index is 3.30. The normalized spacial score (nSPS) is 14.8. The smallest absolute Gasteiger partial charge is 0.0403 e. The minimum atomic E-state index is 0.971. The third kappa shape index (κ3) is 1.14. The van der Waals surface area contributed by atoms with Crippen molar-refractivity contribution in [3.63, 3.8) is 0 Å². The van der Waals surface area contributed by atoms with Gasteiger partial charge < -0.3 is 5.32 Å². The van der Waals surface area contributed by atoms with Gasteiger partial charge in [0.25, 0.3) is 0 Å². The monoisotopic (exact) mass is 145 g/mol. The van der Waals surface area contributed by atoms with Gasteiger partial charge in [-0.05, 0) is 24.1 Å². The molecule has 1 N–H and O–H groups in total. The standard InChI is InChI=1S/C10H11N/c1-8-6-9-4-2-3-5-10(9)7-11-8/h2-6,11H,7H2,1H3. The van der Waals surface area contributed by atoms with E-state index in [9.17, 15) is 0 Å². The molecule has 11 heavy (non-hydrogen) atoms. The van der Waals surface area contributed by atoms with Gasteiger partial charge in [-0.15, -0.1) is 0 Å². The summed E-state index contributed by atoms with van der Waals surface area (Å²) < 4.78 is 0. The van der Waals surface area contributed by atoms with Crippen LogP contribution in [0.4, 0.5) is 0 Å². The number of hydrogen-bond acceptors (Lipinski definition) is 1. The molecule has 1 heterocycles. The van der Waals surface area contributed by atoms with E-state index in [1.54, 1.807) is 0 Å². The maximum Gasteiger partial charge on any atom is 0.0403 e. The first-order chi connectivity index (χ1) is 5.36. The molecule has 0 unspecified atom stereocenters. The van der Waals surface area contributed by atoms with Crippen molar-refractivity contribution in [2.45, 2.75) is 13.5 Å². The molecular weight excluding hydrogens is 134 g/mol. The number of fused-ring (bicyclic) bond motifs is 1. The second-order valence-corrected chi connectivity index (χ2v) is 2.88. The summed E-state index contributed by atoms with van der Waals surface area (Å²) in [4.78, 5) is 0. The minimum Gasteiger partial charge on any atom is -0.384 e. The van der Waals surface area contributed by atoms with Crippen molar-refractivity contribution in [2.75, 3.05) is 0 Å². The van der Waals surface area contributed by atoms with Gasteiger partial charge in [0, 0.05) is 12.2 Å². The molecule has 1 nitrogen and oxygen atoms in total. The third-order valence-electron chi connectivity index (χ3n) is 1.98. The Balaban J connectivity index is 2.51. The zero-order chi connectivity index (χ0) is 7.68. The summed E-state index contributed by atoms with van der Waals surface area (Å²) in [5.74, 6) is 0. The van der Waals surface area contributed by atoms with E-state index < -0.39 is 0 Å². The highest BCUT2D eigenvalue weighted by Gasteiger charge is 2.03. The van der Waals surface area contributed by atoms with E-state index in [0.717, 1.165) is 6.54 Å². The van der Waals surface area contributed by atoms with Gasteiger partial charge in [0.2, 0.25) is 0 Å². The van der Waals surface area contributed by atoms with Crippen LogP contribution in [0.15, 0.2) is 30.0 Å². The van der Waals surface area contributed by atoms with Gasteiger partial charge in [-0.2, -0.15) is 0 Å². The molecule has 1 aromatic rings. The molecule has 0 atom stereocenters. The summed E-state index contributed by atoms with van der Waals surface area (Å²) in [6.45, 7) is 3.06. The van der Waals surface area contributed by atoms with E-state index >= 15 is 0 Å². The fourth-order valence-corrected chi connectivity index (χ4v) is 1.35. The van der Waals surface area contributed by atoms with Gasteiger partial charge in [0.1, 0.15) is 0 Å². The number of allylic oxidation sites excluding steroid dienone is 1. The van der Waals surface area contributed by atoms with E-state index in [4.69, 9.17) is 0 Å². The predicted octanol–water partition coefficient (Wildman–Crippen LogP) is 2.15. The highest BCUT2D eigenvalue weighted by atomic mass is 14.9. The van der Waals surface area contributed by atoms with Crippen molar-refractivity contribution >= 4 is 6.08 Å². The van der Waals surface area contributed by atoms with Gasteiger partial charge in [0.05, 0.1) is 0 Å². The van der Waals surface area contributed by atoms with Crippen LogP contribution < -0.4 is 5.32 Å². The molecule has 1 heteroatoms. The highest BCUT2D eigenvalue weighted by Crippen LogP contribution is 2.16. The predicted molar refractivity (Wildman–Crippen MR) is 46.9 cm³/mol. The summed E-state index contributed by atoms with van der Waals surface area (Å²) in [7, 11) is 0. The van der Waals surface area contributed by atoms with Gasteiger partial charge in [-0.25, -0.2) is 0 Å². The minimum absolute atomic E-state index is 0.971. The lowest BCUT2D eigenvalue weighted by Crippen LogP contribution is -2.15. The van der Waals surface area contributed by atoms with Crippen LogP contribution in [0.2, 0.25) is 0 Å². The Kier molecular flexibility index (Phi) is 1.42. The fraction of sp³-hybridized carbons (Fsp3) is 0.200. The van der Waals surface area contributed by atoms with Gasteiger partial charge >= 0.3 is 0 Å². The Labute approximate surface area is 66.7 Å². The molecule has 0 bridgehead atoms. The number of benzene rings is 1. The maximum atomic E-state index is 3.30. The molecule has 0 spiro atoms. The molecule has 1 aliphatic rings. The van der Waals surface area contributed by atoms with Crippen molar-refractivity contribution in [1.29, 1.82) is 0 Å². The summed E-state index contributed by atoms with van der Waals surface area (Å²) in [5.41, 5.74) is 3.99. The molecule has 0 fully saturated rings. The molecule has 0 amide bonds. The lowest BCUT2D eigenvalue weighted by atomic mass is 10.0. The SMILES string of the molecule is CC1=Cc2ccccc2CN1. The van der Waals surface area contributed by atoms with E-state index in [1.807, 2.05) is 0 Å². The zero-order valence-corrected chi connectivity index (χ0v) is 6.59. The van der Waals surface area contributed by atoms with Crippen LogP contribution in [0.3, 0.4) is 0 Å². The topological polar surface area (TPSA) is 12.0 Å². The summed E-state index contributed by atoms with van der Waals surface area (Å²) in [6, 6.07) is 8.47. The van der Waals surface area contributed by atoms with Crippen LogP contribution in [0, 0.1) is 0 Å². The van der Waals surface area contributed by atoms with Crippen molar-refractivity contribution in [2.24, 2.45) is 0 Å². The Morgan fingerprint density at radius 1 is 1.27 bits per heavy atom. The summed E-state index contributed by atoms with van der Waals surface area (Å²) >= 11 is 0. The highest BCUT2D eigenvalue weighted by molar-refractivity contribution is 5.58. The molecule has 0 radical (unpaired) electrons. The number of rotatable bonds is 0. The average molecular weight is 145 g/mol. The van der Waals surface area contributed by atoms with Crippen LogP contribution in [-0.4, -0.2) is 0 Å². The van der Waals surface area contributed by atoms with Crippen LogP contribution in [0.25, 0.3) is 6.08 Å². The Bertz CT molecular complexity index is 299. The van der Waals surface area contributed by atoms with Crippen LogP contribution in [0.5, 0.6) is 0 Å². The molecule has 2 rings (SSSR count). The number of nitrogens with one attached hydrogen (secondary N) is 1. The quantitative estimate of drug-likeness (QED) is 0.589. The van der Waals surface area contributed by atoms with Gasteiger partial charge in [-0.1, -0.05) is 24.3 Å². The Morgan fingerprint density at radius 2 is 2.09 bits per heavy atom. The Morgan fingerprint density at radius 3 is 3.00 bits per heavy atom. The van der Waals surface area contributed by atoms with E-state index in [1.165, 1.54) is 16.8 Å². The first-order valence-corrected chi connectivity index (χ1v) is 3.86. The second-order valence-electron chi connectivity index (χ2n) is 2.88. The first-order valence-electron chi connectivity index (χ1n) is 3.86. The van der Waals surface area contributed by atoms with Crippen molar-refractivity contribution in [1.82, 2.24) is 5.32 Å². The largest absolute Gasteiger partial charge is 0.384 e. The molecular formula is C10H11N. The molecule has 1 aromatic carbocycles. The lowest BCUT2D eigenvalue weighted by Gasteiger charge is -2.15. The van der Waals surface area contributed by atoms with E-state index in [2.05, 4.69) is 42.6 Å². The Hall–Kier alpha value is -1.24. The van der Waals surface area contributed by atoms with E-state index in [-0.39, 0.29) is 0 Å². The first kappa shape index (κ1) is 6.47. The van der Waals surface area contributed by atoms with Gasteiger partial charge in [0.15, 0.2) is 0 Å². The molecule has 0 aromatic heterocycles. The molecule has 1 aliphatic heterocycles. The van der Waals surface area contributed by atoms with Crippen molar-refractivity contribution in [3.8, 4) is 0 Å². The van der Waals surface area contributed by atoms with E-state index in [0.29, 0.717) is 0 Å². The second kappa shape index (κ2) is 2.42. The van der Waals surface area contributed by atoms with Gasteiger partial charge in [-0.3, -0.25) is 0 Å². The molecule has 0 saturated carbocycles. The van der Waals surface area contributed by atoms with Crippen LogP contribution in [0.1, 0.15) is 18.1 Å². The average Bonchev–Trinajstić information content (AvgIpc) is 2.04. The number of hydrogen-bond donors (Lipinski definition) is 1. The third-order valence-corrected chi connectivity index (χ3v) is 1.98. The molecule has 0 saturated heterocycles. The molecule has 56 valence electrons. The van der Waals surface area contributed by atoms with Crippen LogP contribution in [-0.2, 0) is 6.54 Å². The molecule has 0 aliphatic carbocycles. The van der Waals surface area contributed by atoms with Crippen molar-refractivity contribution in [3.05, 3.63) is 41.1 Å². The zero-order valence-electron chi connectivity index (χ0n) is 6.59. The lowest BCUT2D eigenvalue weighted by molar-refractivity contribution is 0.803. The van der Waals surface area contributed by atoms with Crippen molar-refractivity contribution < 1.29 is 0 Å². The summed E-state index contributed by atoms with van der Waals surface area (Å²) in [5, 5.41) is 3.30. The van der Waals surface area contributed by atoms with Crippen LogP contribution >= 0.6 is 0 Å². The summed E-state index contributed by atoms with van der Waals surface area (Å²) in [6.07, 6.45) is 2.18.